The van der Waals surface area contributed by atoms with Gasteiger partial charge >= 0.3 is 0 Å². The summed E-state index contributed by atoms with van der Waals surface area (Å²) in [7, 11) is 0. The van der Waals surface area contributed by atoms with E-state index in [0.717, 1.165) is 5.69 Å². The van der Waals surface area contributed by atoms with Crippen LogP contribution in [0.4, 0.5) is 23.0 Å². The topological polar surface area (TPSA) is 120 Å². The second-order valence-electron chi connectivity index (χ2n) is 5.15. The fourth-order valence-electron chi connectivity index (χ4n) is 2.11. The van der Waals surface area contributed by atoms with Crippen molar-refractivity contribution in [3.05, 3.63) is 74.8 Å². The van der Waals surface area contributed by atoms with Crippen molar-refractivity contribution in [1.29, 1.82) is 5.26 Å². The number of hydrogen-bond acceptors (Lipinski definition) is 6. The van der Waals surface area contributed by atoms with Crippen LogP contribution in [0.1, 0.15) is 11.1 Å². The van der Waals surface area contributed by atoms with E-state index in [9.17, 15) is 15.4 Å². The molecule has 8 nitrogen and oxygen atoms in total. The summed E-state index contributed by atoms with van der Waals surface area (Å²) in [5.74, 6) is 0.619. The number of aromatic nitrogens is 2. The number of halogens is 1. The first-order valence-electron chi connectivity index (χ1n) is 7.36. The average Bonchev–Trinajstić information content (AvgIpc) is 3.03. The molecule has 0 amide bonds. The van der Waals surface area contributed by atoms with Crippen LogP contribution >= 0.6 is 11.6 Å². The predicted octanol–water partition coefficient (Wildman–Crippen LogP) is 4.34. The second-order valence-corrected chi connectivity index (χ2v) is 5.58. The van der Waals surface area contributed by atoms with Gasteiger partial charge in [-0.15, -0.1) is 0 Å². The standard InChI is InChI=1S/C17H11ClN6O2/c18-12-3-5-13(6-4-12)21-17-15(9-19)16(22-23-17)20-10-11-1-7-14(8-2-11)24(25)26/h1-8,10H,(H2,21,22,23)/b20-10+. The first-order chi connectivity index (χ1) is 12.6. The minimum Gasteiger partial charge on any atom is -0.338 e. The van der Waals surface area contributed by atoms with Crippen LogP contribution < -0.4 is 5.32 Å². The Morgan fingerprint density at radius 2 is 1.92 bits per heavy atom. The molecule has 26 heavy (non-hydrogen) atoms. The third kappa shape index (κ3) is 3.85. The lowest BCUT2D eigenvalue weighted by Gasteiger charge is -2.02. The molecule has 0 fully saturated rings. The number of H-pyrrole nitrogens is 1. The van der Waals surface area contributed by atoms with Gasteiger partial charge in [0, 0.05) is 29.1 Å². The quantitative estimate of drug-likeness (QED) is 0.395. The second kappa shape index (κ2) is 7.46. The van der Waals surface area contributed by atoms with E-state index in [1.54, 1.807) is 36.4 Å². The summed E-state index contributed by atoms with van der Waals surface area (Å²) >= 11 is 5.85. The molecule has 1 aromatic heterocycles. The number of rotatable bonds is 5. The molecule has 9 heteroatoms. The van der Waals surface area contributed by atoms with E-state index in [4.69, 9.17) is 11.6 Å². The Kier molecular flexibility index (Phi) is 4.92. The van der Waals surface area contributed by atoms with E-state index in [1.807, 2.05) is 0 Å². The molecule has 128 valence electrons. The third-order valence-electron chi connectivity index (χ3n) is 3.41. The molecule has 0 saturated heterocycles. The van der Waals surface area contributed by atoms with Gasteiger partial charge in [-0.25, -0.2) is 4.99 Å². The van der Waals surface area contributed by atoms with Crippen molar-refractivity contribution >= 4 is 40.8 Å². The van der Waals surface area contributed by atoms with Crippen LogP contribution in [0.5, 0.6) is 0 Å². The summed E-state index contributed by atoms with van der Waals surface area (Å²) in [6, 6.07) is 14.9. The molecule has 0 bridgehead atoms. The molecule has 2 aromatic carbocycles. The number of nitriles is 1. The molecular formula is C17H11ClN6O2. The maximum Gasteiger partial charge on any atom is 0.269 e. The molecule has 0 aliphatic carbocycles. The third-order valence-corrected chi connectivity index (χ3v) is 3.66. The monoisotopic (exact) mass is 366 g/mol. The van der Waals surface area contributed by atoms with Crippen molar-refractivity contribution in [3.63, 3.8) is 0 Å². The van der Waals surface area contributed by atoms with E-state index in [-0.39, 0.29) is 17.1 Å². The van der Waals surface area contributed by atoms with Gasteiger partial charge in [-0.1, -0.05) is 11.6 Å². The highest BCUT2D eigenvalue weighted by atomic mass is 35.5. The first kappa shape index (κ1) is 17.1. The Labute approximate surface area is 152 Å². The molecule has 1 heterocycles. The number of nitrogens with zero attached hydrogens (tertiary/aromatic N) is 4. The lowest BCUT2D eigenvalue weighted by molar-refractivity contribution is -0.384. The number of non-ortho nitro benzene ring substituents is 1. The first-order valence-corrected chi connectivity index (χ1v) is 7.74. The summed E-state index contributed by atoms with van der Waals surface area (Å²) in [4.78, 5) is 14.4. The van der Waals surface area contributed by atoms with Gasteiger partial charge in [-0.05, 0) is 42.0 Å². The van der Waals surface area contributed by atoms with Gasteiger partial charge in [0.05, 0.1) is 4.92 Å². The smallest absolute Gasteiger partial charge is 0.269 e. The van der Waals surface area contributed by atoms with Gasteiger partial charge in [0.2, 0.25) is 0 Å². The molecule has 2 N–H and O–H groups in total. The Balaban J connectivity index is 1.80. The van der Waals surface area contributed by atoms with Crippen LogP contribution in [0.3, 0.4) is 0 Å². The number of nitro benzene ring substituents is 1. The molecule has 0 radical (unpaired) electrons. The maximum atomic E-state index is 10.7. The van der Waals surface area contributed by atoms with Crippen molar-refractivity contribution < 1.29 is 4.92 Å². The van der Waals surface area contributed by atoms with E-state index >= 15 is 0 Å². The lowest BCUT2D eigenvalue weighted by Crippen LogP contribution is -1.92. The molecule has 0 atom stereocenters. The van der Waals surface area contributed by atoms with Crippen LogP contribution in [0, 0.1) is 21.4 Å². The highest BCUT2D eigenvalue weighted by Crippen LogP contribution is 2.26. The summed E-state index contributed by atoms with van der Waals surface area (Å²) in [5, 5.41) is 30.4. The van der Waals surface area contributed by atoms with E-state index in [1.165, 1.54) is 18.3 Å². The van der Waals surface area contributed by atoms with Gasteiger partial charge < -0.3 is 5.32 Å². The number of benzene rings is 2. The largest absolute Gasteiger partial charge is 0.338 e. The van der Waals surface area contributed by atoms with Gasteiger partial charge in [0.25, 0.3) is 5.69 Å². The number of nitro groups is 1. The van der Waals surface area contributed by atoms with Gasteiger partial charge in [0.15, 0.2) is 11.6 Å². The Bertz CT molecular complexity index is 1000. The molecular weight excluding hydrogens is 356 g/mol. The van der Waals surface area contributed by atoms with Crippen LogP contribution in [-0.4, -0.2) is 21.3 Å². The van der Waals surface area contributed by atoms with Gasteiger partial charge in [-0.3, -0.25) is 15.2 Å². The number of aliphatic imine (C=N–C) groups is 1. The summed E-state index contributed by atoms with van der Waals surface area (Å²) < 4.78 is 0. The number of nitrogens with one attached hydrogen (secondary N) is 2. The lowest BCUT2D eigenvalue weighted by atomic mass is 10.2. The maximum absolute atomic E-state index is 10.7. The Hall–Kier alpha value is -3.70. The van der Waals surface area contributed by atoms with Crippen LogP contribution in [0.25, 0.3) is 0 Å². The van der Waals surface area contributed by atoms with Crippen molar-refractivity contribution in [2.75, 3.05) is 5.32 Å². The minimum absolute atomic E-state index is 0.00384. The number of aromatic amines is 1. The van der Waals surface area contributed by atoms with Crippen molar-refractivity contribution in [2.24, 2.45) is 4.99 Å². The number of hydrogen-bond donors (Lipinski definition) is 2. The normalized spacial score (nSPS) is 10.6. The highest BCUT2D eigenvalue weighted by molar-refractivity contribution is 6.30. The molecule has 0 aliphatic rings. The Morgan fingerprint density at radius 1 is 1.23 bits per heavy atom. The van der Waals surface area contributed by atoms with E-state index in [0.29, 0.717) is 16.4 Å². The Morgan fingerprint density at radius 3 is 2.54 bits per heavy atom. The average molecular weight is 367 g/mol. The zero-order valence-corrected chi connectivity index (χ0v) is 13.9. The summed E-state index contributed by atoms with van der Waals surface area (Å²) in [6.07, 6.45) is 1.49. The van der Waals surface area contributed by atoms with Gasteiger partial charge in [0.1, 0.15) is 11.6 Å². The fraction of sp³-hybridized carbons (Fsp3) is 0. The zero-order chi connectivity index (χ0) is 18.5. The summed E-state index contributed by atoms with van der Waals surface area (Å²) in [6.45, 7) is 0. The number of anilines is 2. The molecule has 0 aliphatic heterocycles. The van der Waals surface area contributed by atoms with E-state index in [2.05, 4.69) is 26.6 Å². The zero-order valence-electron chi connectivity index (χ0n) is 13.2. The van der Waals surface area contributed by atoms with Gasteiger partial charge in [-0.2, -0.15) is 10.4 Å². The van der Waals surface area contributed by atoms with Crippen LogP contribution in [0.15, 0.2) is 53.5 Å². The molecule has 3 rings (SSSR count). The molecule has 0 unspecified atom stereocenters. The van der Waals surface area contributed by atoms with Crippen molar-refractivity contribution in [2.45, 2.75) is 0 Å². The van der Waals surface area contributed by atoms with Crippen molar-refractivity contribution in [1.82, 2.24) is 10.2 Å². The van der Waals surface area contributed by atoms with E-state index < -0.39 is 4.92 Å². The predicted molar refractivity (Wildman–Crippen MR) is 98.4 cm³/mol. The summed E-state index contributed by atoms with van der Waals surface area (Å²) in [5.41, 5.74) is 1.62. The minimum atomic E-state index is -0.474. The highest BCUT2D eigenvalue weighted by Gasteiger charge is 2.12. The molecule has 0 spiro atoms. The molecule has 3 aromatic rings. The SMILES string of the molecule is N#Cc1c(Nc2ccc(Cl)cc2)n[nH]c1/N=C/c1ccc([N+](=O)[O-])cc1. The van der Waals surface area contributed by atoms with Crippen LogP contribution in [-0.2, 0) is 0 Å². The molecule has 0 saturated carbocycles. The van der Waals surface area contributed by atoms with Crippen LogP contribution in [0.2, 0.25) is 5.02 Å². The van der Waals surface area contributed by atoms with Crippen molar-refractivity contribution in [3.8, 4) is 6.07 Å². The fourth-order valence-corrected chi connectivity index (χ4v) is 2.24.